The highest BCUT2D eigenvalue weighted by Gasteiger charge is 2.26. The van der Waals surface area contributed by atoms with Crippen molar-refractivity contribution in [1.82, 2.24) is 14.5 Å². The molecule has 2 aromatic carbocycles. The summed E-state index contributed by atoms with van der Waals surface area (Å²) in [5.41, 5.74) is 4.62. The summed E-state index contributed by atoms with van der Waals surface area (Å²) in [5, 5.41) is 12.2. The zero-order chi connectivity index (χ0) is 23.3. The first kappa shape index (κ1) is 21.0. The van der Waals surface area contributed by atoms with Gasteiger partial charge < -0.3 is 14.7 Å². The highest BCUT2D eigenvalue weighted by atomic mass is 35.5. The van der Waals surface area contributed by atoms with E-state index in [2.05, 4.69) is 9.97 Å². The van der Waals surface area contributed by atoms with E-state index >= 15 is 0 Å². The van der Waals surface area contributed by atoms with Gasteiger partial charge in [-0.25, -0.2) is 9.78 Å². The van der Waals surface area contributed by atoms with Gasteiger partial charge in [0.15, 0.2) is 0 Å². The normalized spacial score (nSPS) is 11.4. The van der Waals surface area contributed by atoms with Crippen molar-refractivity contribution in [2.45, 2.75) is 20.4 Å². The molecular weight excluding hydrogens is 438 g/mol. The number of carboxylic acid groups (broad SMARTS) is 1. The number of fused-ring (bicyclic) bond motifs is 2. The molecule has 6 nitrogen and oxygen atoms in total. The number of H-pyrrole nitrogens is 1. The Kier molecular flexibility index (Phi) is 5.02. The van der Waals surface area contributed by atoms with E-state index in [0.29, 0.717) is 27.2 Å². The van der Waals surface area contributed by atoms with E-state index in [0.717, 1.165) is 27.5 Å². The third-order valence-electron chi connectivity index (χ3n) is 6.05. The number of carboxylic acids is 1. The van der Waals surface area contributed by atoms with Gasteiger partial charge in [-0.3, -0.25) is 4.79 Å². The second-order valence-electron chi connectivity index (χ2n) is 8.11. The quantitative estimate of drug-likeness (QED) is 0.346. The molecule has 5 aromatic rings. The summed E-state index contributed by atoms with van der Waals surface area (Å²) in [7, 11) is 0. The standard InChI is InChI=1S/C26H20ClN3O3/c1-14-10-19-21(11-15(14)2)30(13-17-12-16-6-3-4-8-20(16)29-24(17)27)23(26(32)33)22(19)18-7-5-9-28-25(18)31/h3-12H,13H2,1-2H3,(H,28,31)(H,32,33). The molecule has 0 aliphatic carbocycles. The Balaban J connectivity index is 1.84. The van der Waals surface area contributed by atoms with E-state index in [1.54, 1.807) is 16.7 Å². The molecule has 0 aliphatic heterocycles. The lowest BCUT2D eigenvalue weighted by Gasteiger charge is -2.12. The first-order valence-corrected chi connectivity index (χ1v) is 10.8. The third kappa shape index (κ3) is 3.49. The van der Waals surface area contributed by atoms with Gasteiger partial charge in [-0.15, -0.1) is 0 Å². The summed E-state index contributed by atoms with van der Waals surface area (Å²) < 4.78 is 1.71. The zero-order valence-corrected chi connectivity index (χ0v) is 18.8. The number of aromatic nitrogens is 3. The first-order chi connectivity index (χ1) is 15.8. The fraction of sp³-hybridized carbons (Fsp3) is 0.115. The molecule has 0 bridgehead atoms. The molecule has 0 amide bonds. The minimum atomic E-state index is -1.12. The largest absolute Gasteiger partial charge is 0.477 e. The Morgan fingerprint density at radius 3 is 2.61 bits per heavy atom. The van der Waals surface area contributed by atoms with Crippen LogP contribution >= 0.6 is 11.6 Å². The number of benzene rings is 2. The monoisotopic (exact) mass is 457 g/mol. The Hall–Kier alpha value is -3.90. The number of aromatic carboxylic acids is 1. The summed E-state index contributed by atoms with van der Waals surface area (Å²) in [6.07, 6.45) is 1.53. The van der Waals surface area contributed by atoms with Gasteiger partial charge >= 0.3 is 5.97 Å². The van der Waals surface area contributed by atoms with Gasteiger partial charge in [0.2, 0.25) is 0 Å². The molecule has 2 N–H and O–H groups in total. The maximum Gasteiger partial charge on any atom is 0.353 e. The number of aromatic amines is 1. The van der Waals surface area contributed by atoms with E-state index in [4.69, 9.17) is 11.6 Å². The van der Waals surface area contributed by atoms with Crippen molar-refractivity contribution in [3.8, 4) is 11.1 Å². The summed E-state index contributed by atoms with van der Waals surface area (Å²) in [5.74, 6) is -1.12. The van der Waals surface area contributed by atoms with Crippen LogP contribution in [-0.4, -0.2) is 25.6 Å². The zero-order valence-electron chi connectivity index (χ0n) is 18.0. The molecule has 0 fully saturated rings. The van der Waals surface area contributed by atoms with Crippen molar-refractivity contribution in [2.24, 2.45) is 0 Å². The molecule has 7 heteroatoms. The number of carbonyl (C=O) groups is 1. The molecule has 5 rings (SSSR count). The van der Waals surface area contributed by atoms with E-state index in [9.17, 15) is 14.7 Å². The lowest BCUT2D eigenvalue weighted by molar-refractivity contribution is 0.0687. The van der Waals surface area contributed by atoms with E-state index in [1.807, 2.05) is 56.3 Å². The number of nitrogens with zero attached hydrogens (tertiary/aromatic N) is 2. The maximum atomic E-state index is 12.7. The average molecular weight is 458 g/mol. The molecule has 0 unspecified atom stereocenters. The number of aryl methyl sites for hydroxylation is 2. The van der Waals surface area contributed by atoms with Crippen LogP contribution in [0.4, 0.5) is 0 Å². The van der Waals surface area contributed by atoms with Crippen LogP contribution in [0.15, 0.2) is 65.6 Å². The van der Waals surface area contributed by atoms with Gasteiger partial charge in [-0.1, -0.05) is 29.8 Å². The predicted molar refractivity (Wildman–Crippen MR) is 130 cm³/mol. The van der Waals surface area contributed by atoms with E-state index < -0.39 is 5.97 Å². The van der Waals surface area contributed by atoms with Crippen LogP contribution in [0.2, 0.25) is 5.15 Å². The van der Waals surface area contributed by atoms with Crippen LogP contribution in [0.25, 0.3) is 32.9 Å². The van der Waals surface area contributed by atoms with Crippen molar-refractivity contribution in [1.29, 1.82) is 0 Å². The van der Waals surface area contributed by atoms with Crippen molar-refractivity contribution in [3.05, 3.63) is 98.7 Å². The molecule has 0 saturated heterocycles. The maximum absolute atomic E-state index is 12.7. The molecule has 164 valence electrons. The van der Waals surface area contributed by atoms with Crippen LogP contribution in [0, 0.1) is 13.8 Å². The number of rotatable bonds is 4. The molecule has 0 spiro atoms. The second-order valence-corrected chi connectivity index (χ2v) is 8.47. The van der Waals surface area contributed by atoms with Gasteiger partial charge in [-0.05, 0) is 61.4 Å². The Morgan fingerprint density at radius 1 is 1.09 bits per heavy atom. The number of hydrogen-bond acceptors (Lipinski definition) is 3. The SMILES string of the molecule is Cc1cc2c(-c3ccc[nH]c3=O)c(C(=O)O)n(Cc3cc4ccccc4nc3Cl)c2cc1C. The molecule has 33 heavy (non-hydrogen) atoms. The number of hydrogen-bond donors (Lipinski definition) is 2. The smallest absolute Gasteiger partial charge is 0.353 e. The predicted octanol–water partition coefficient (Wildman–Crippen LogP) is 5.56. The van der Waals surface area contributed by atoms with Gasteiger partial charge in [0.25, 0.3) is 5.56 Å². The molecule has 0 aliphatic rings. The number of nitrogens with one attached hydrogen (secondary N) is 1. The van der Waals surface area contributed by atoms with Crippen molar-refractivity contribution >= 4 is 39.4 Å². The molecule has 3 aromatic heterocycles. The molecule has 3 heterocycles. The minimum Gasteiger partial charge on any atom is -0.477 e. The topological polar surface area (TPSA) is 88.0 Å². The minimum absolute atomic E-state index is 0.0379. The van der Waals surface area contributed by atoms with Gasteiger partial charge in [0.1, 0.15) is 10.8 Å². The van der Waals surface area contributed by atoms with Crippen LogP contribution < -0.4 is 5.56 Å². The van der Waals surface area contributed by atoms with Crippen molar-refractivity contribution in [2.75, 3.05) is 0 Å². The molecule has 0 saturated carbocycles. The fourth-order valence-electron chi connectivity index (χ4n) is 4.30. The van der Waals surface area contributed by atoms with Gasteiger partial charge in [0.05, 0.1) is 12.1 Å². The van der Waals surface area contributed by atoms with Crippen molar-refractivity contribution in [3.63, 3.8) is 0 Å². The first-order valence-electron chi connectivity index (χ1n) is 10.4. The number of para-hydroxylation sites is 1. The van der Waals surface area contributed by atoms with E-state index in [1.165, 1.54) is 6.20 Å². The summed E-state index contributed by atoms with van der Waals surface area (Å²) in [6, 6.07) is 16.8. The average Bonchev–Trinajstić information content (AvgIpc) is 3.08. The number of halogens is 1. The summed E-state index contributed by atoms with van der Waals surface area (Å²) in [4.78, 5) is 32.4. The van der Waals surface area contributed by atoms with Crippen LogP contribution in [0.3, 0.4) is 0 Å². The summed E-state index contributed by atoms with van der Waals surface area (Å²) >= 11 is 6.51. The highest BCUT2D eigenvalue weighted by molar-refractivity contribution is 6.30. The van der Waals surface area contributed by atoms with Crippen LogP contribution in [-0.2, 0) is 6.54 Å². The molecule has 0 atom stereocenters. The lowest BCUT2D eigenvalue weighted by atomic mass is 10.00. The van der Waals surface area contributed by atoms with Gasteiger partial charge in [-0.2, -0.15) is 0 Å². The van der Waals surface area contributed by atoms with Crippen LogP contribution in [0.1, 0.15) is 27.2 Å². The fourth-order valence-corrected chi connectivity index (χ4v) is 4.51. The Morgan fingerprint density at radius 2 is 1.85 bits per heavy atom. The number of pyridine rings is 2. The summed E-state index contributed by atoms with van der Waals surface area (Å²) in [6.45, 7) is 4.14. The van der Waals surface area contributed by atoms with Crippen LogP contribution in [0.5, 0.6) is 0 Å². The molecule has 0 radical (unpaired) electrons. The second kappa shape index (κ2) is 7.90. The molecular formula is C26H20ClN3O3. The van der Waals surface area contributed by atoms with E-state index in [-0.39, 0.29) is 17.8 Å². The van der Waals surface area contributed by atoms with Gasteiger partial charge in [0, 0.05) is 39.2 Å². The van der Waals surface area contributed by atoms with Crippen molar-refractivity contribution < 1.29 is 9.90 Å². The Labute approximate surface area is 194 Å². The highest BCUT2D eigenvalue weighted by Crippen LogP contribution is 2.36. The third-order valence-corrected chi connectivity index (χ3v) is 6.37. The lowest BCUT2D eigenvalue weighted by Crippen LogP contribution is -2.14. The Bertz CT molecular complexity index is 1630.